The summed E-state index contributed by atoms with van der Waals surface area (Å²) in [5, 5.41) is 10.5. The lowest BCUT2D eigenvalue weighted by Gasteiger charge is -2.17. The average molecular weight is 395 g/mol. The van der Waals surface area contributed by atoms with Crippen molar-refractivity contribution in [1.29, 1.82) is 5.26 Å². The lowest BCUT2D eigenvalue weighted by Crippen LogP contribution is -2.44. The zero-order valence-corrected chi connectivity index (χ0v) is 13.7. The van der Waals surface area contributed by atoms with Crippen LogP contribution in [-0.2, 0) is 17.1 Å². The Morgan fingerprint density at radius 2 is 1.56 bits per heavy atom. The lowest BCUT2D eigenvalue weighted by molar-refractivity contribution is -0.143. The van der Waals surface area contributed by atoms with Crippen molar-refractivity contribution in [3.05, 3.63) is 34.9 Å². The molecular weight excluding hydrogens is 380 g/mol. The number of amides is 2. The molecule has 27 heavy (non-hydrogen) atoms. The second kappa shape index (κ2) is 8.75. The highest BCUT2D eigenvalue weighted by molar-refractivity contribution is 5.97. The number of alkyl halides is 6. The van der Waals surface area contributed by atoms with E-state index in [1.54, 1.807) is 0 Å². The summed E-state index contributed by atoms with van der Waals surface area (Å²) >= 11 is 0. The quantitative estimate of drug-likeness (QED) is 0.547. The largest absolute Gasteiger partial charge is 0.416 e. The van der Waals surface area contributed by atoms with Crippen molar-refractivity contribution in [2.75, 3.05) is 0 Å². The van der Waals surface area contributed by atoms with E-state index in [0.717, 1.165) is 0 Å². The Morgan fingerprint density at radius 3 is 1.96 bits per heavy atom. The third-order valence-electron chi connectivity index (χ3n) is 3.53. The number of nitrogens with zero attached hydrogens (tertiary/aromatic N) is 1. The Balaban J connectivity index is 3.10. The number of hydrogen-bond acceptors (Lipinski definition) is 3. The zero-order valence-electron chi connectivity index (χ0n) is 13.7. The van der Waals surface area contributed by atoms with Crippen LogP contribution in [0.3, 0.4) is 0 Å². The molecule has 0 heterocycles. The van der Waals surface area contributed by atoms with Crippen LogP contribution in [0.15, 0.2) is 18.2 Å². The van der Waals surface area contributed by atoms with Gasteiger partial charge in [-0.2, -0.15) is 31.6 Å². The average Bonchev–Trinajstić information content (AvgIpc) is 2.55. The third kappa shape index (κ3) is 6.80. The molecule has 0 aliphatic carbocycles. The van der Waals surface area contributed by atoms with Gasteiger partial charge in [-0.3, -0.25) is 9.59 Å². The number of hydrogen-bond donors (Lipinski definition) is 2. The number of carbonyl (C=O) groups excluding carboxylic acids is 2. The number of primary amides is 1. The number of unbranched alkanes of at least 4 members (excludes halogenated alkanes) is 2. The maximum atomic E-state index is 12.8. The van der Waals surface area contributed by atoms with Crippen molar-refractivity contribution in [1.82, 2.24) is 5.32 Å². The lowest BCUT2D eigenvalue weighted by atomic mass is 10.0. The fourth-order valence-electron chi connectivity index (χ4n) is 2.17. The molecule has 0 aliphatic heterocycles. The Hall–Kier alpha value is -2.77. The van der Waals surface area contributed by atoms with Gasteiger partial charge in [0, 0.05) is 12.0 Å². The van der Waals surface area contributed by atoms with Crippen LogP contribution in [0.5, 0.6) is 0 Å². The van der Waals surface area contributed by atoms with Crippen LogP contribution in [-0.4, -0.2) is 17.9 Å². The molecule has 5 nitrogen and oxygen atoms in total. The van der Waals surface area contributed by atoms with Crippen LogP contribution in [0.25, 0.3) is 0 Å². The standard InChI is InChI=1S/C16H15F6N3O2/c17-15(18,19)10-6-9(7-11(8-10)16(20,21)22)14(27)25-12(13(24)26)4-2-1-3-5-23/h6-8,12H,1-4H2,(H2,24,26)(H,25,27)/t12-/m1/s1. The van der Waals surface area contributed by atoms with E-state index in [0.29, 0.717) is 12.8 Å². The first-order valence-electron chi connectivity index (χ1n) is 7.63. The Labute approximate surface area is 150 Å². The molecule has 11 heteroatoms. The number of nitriles is 1. The predicted octanol–water partition coefficient (Wildman–Crippen LogP) is 3.39. The van der Waals surface area contributed by atoms with Crippen molar-refractivity contribution >= 4 is 11.8 Å². The molecule has 0 unspecified atom stereocenters. The van der Waals surface area contributed by atoms with E-state index in [9.17, 15) is 35.9 Å². The number of rotatable bonds is 7. The highest BCUT2D eigenvalue weighted by Gasteiger charge is 2.37. The molecule has 1 rings (SSSR count). The van der Waals surface area contributed by atoms with Gasteiger partial charge >= 0.3 is 12.4 Å². The molecule has 1 atom stereocenters. The van der Waals surface area contributed by atoms with Crippen molar-refractivity contribution < 1.29 is 35.9 Å². The molecule has 0 aliphatic rings. The van der Waals surface area contributed by atoms with E-state index < -0.39 is 46.9 Å². The van der Waals surface area contributed by atoms with Crippen LogP contribution >= 0.6 is 0 Å². The van der Waals surface area contributed by atoms with Crippen molar-refractivity contribution in [3.8, 4) is 6.07 Å². The monoisotopic (exact) mass is 395 g/mol. The van der Waals surface area contributed by atoms with Gasteiger partial charge in [0.15, 0.2) is 0 Å². The smallest absolute Gasteiger partial charge is 0.368 e. The van der Waals surface area contributed by atoms with E-state index >= 15 is 0 Å². The summed E-state index contributed by atoms with van der Waals surface area (Å²) in [5.74, 6) is -2.29. The summed E-state index contributed by atoms with van der Waals surface area (Å²) in [6.07, 6.45) is -9.33. The van der Waals surface area contributed by atoms with Crippen LogP contribution < -0.4 is 11.1 Å². The van der Waals surface area contributed by atoms with Gasteiger partial charge in [-0.25, -0.2) is 0 Å². The number of benzene rings is 1. The van der Waals surface area contributed by atoms with Crippen molar-refractivity contribution in [2.24, 2.45) is 5.73 Å². The van der Waals surface area contributed by atoms with Crippen LogP contribution in [0, 0.1) is 11.3 Å². The van der Waals surface area contributed by atoms with E-state index in [-0.39, 0.29) is 31.0 Å². The summed E-state index contributed by atoms with van der Waals surface area (Å²) in [7, 11) is 0. The predicted molar refractivity (Wildman–Crippen MR) is 81.0 cm³/mol. The SMILES string of the molecule is N#CCCCC[C@@H](NC(=O)c1cc(C(F)(F)F)cc(C(F)(F)F)c1)C(N)=O. The molecule has 0 fully saturated rings. The van der Waals surface area contributed by atoms with Gasteiger partial charge < -0.3 is 11.1 Å². The molecule has 1 aromatic carbocycles. The van der Waals surface area contributed by atoms with Gasteiger partial charge in [0.25, 0.3) is 5.91 Å². The molecule has 1 aromatic rings. The second-order valence-corrected chi connectivity index (χ2v) is 5.63. The maximum absolute atomic E-state index is 12.8. The molecule has 0 spiro atoms. The van der Waals surface area contributed by atoms with Gasteiger partial charge in [0.2, 0.25) is 5.91 Å². The highest BCUT2D eigenvalue weighted by atomic mass is 19.4. The molecule has 0 radical (unpaired) electrons. The Kier molecular flexibility index (Phi) is 7.21. The van der Waals surface area contributed by atoms with Crippen LogP contribution in [0.4, 0.5) is 26.3 Å². The second-order valence-electron chi connectivity index (χ2n) is 5.63. The number of nitrogens with one attached hydrogen (secondary N) is 1. The van der Waals surface area contributed by atoms with E-state index in [4.69, 9.17) is 11.0 Å². The van der Waals surface area contributed by atoms with Gasteiger partial charge in [-0.15, -0.1) is 0 Å². The van der Waals surface area contributed by atoms with Gasteiger partial charge in [-0.05, 0) is 37.5 Å². The van der Waals surface area contributed by atoms with Crippen molar-refractivity contribution in [3.63, 3.8) is 0 Å². The summed E-state index contributed by atoms with van der Waals surface area (Å²) in [6.45, 7) is 0. The molecular formula is C16H15F6N3O2. The number of halogens is 6. The Morgan fingerprint density at radius 1 is 1.04 bits per heavy atom. The fraction of sp³-hybridized carbons (Fsp3) is 0.438. The first-order chi connectivity index (χ1) is 12.4. The molecule has 0 bridgehead atoms. The third-order valence-corrected chi connectivity index (χ3v) is 3.53. The van der Waals surface area contributed by atoms with Gasteiger partial charge in [0.1, 0.15) is 6.04 Å². The maximum Gasteiger partial charge on any atom is 0.416 e. The fourth-order valence-corrected chi connectivity index (χ4v) is 2.17. The minimum Gasteiger partial charge on any atom is -0.368 e. The van der Waals surface area contributed by atoms with Gasteiger partial charge in [0.05, 0.1) is 17.2 Å². The Bertz CT molecular complexity index is 705. The summed E-state index contributed by atoms with van der Waals surface area (Å²) in [4.78, 5) is 23.5. The molecule has 0 saturated heterocycles. The minimum atomic E-state index is -5.10. The summed E-state index contributed by atoms with van der Waals surface area (Å²) in [5.41, 5.74) is 0.903. The minimum absolute atomic E-state index is 0.00611. The zero-order chi connectivity index (χ0) is 20.8. The molecule has 0 saturated carbocycles. The molecule has 2 amide bonds. The first-order valence-corrected chi connectivity index (χ1v) is 7.63. The molecule has 148 valence electrons. The van der Waals surface area contributed by atoms with E-state index in [1.165, 1.54) is 0 Å². The molecule has 3 N–H and O–H groups in total. The molecule has 0 aromatic heterocycles. The first kappa shape index (κ1) is 22.3. The van der Waals surface area contributed by atoms with Crippen molar-refractivity contribution in [2.45, 2.75) is 44.1 Å². The number of carbonyl (C=O) groups is 2. The van der Waals surface area contributed by atoms with E-state index in [2.05, 4.69) is 0 Å². The van der Waals surface area contributed by atoms with Crippen LogP contribution in [0.2, 0.25) is 0 Å². The highest BCUT2D eigenvalue weighted by Crippen LogP contribution is 2.36. The number of nitrogens with two attached hydrogens (primary N) is 1. The van der Waals surface area contributed by atoms with Crippen LogP contribution in [0.1, 0.15) is 47.2 Å². The van der Waals surface area contributed by atoms with Gasteiger partial charge in [-0.1, -0.05) is 0 Å². The normalized spacial score (nSPS) is 12.9. The van der Waals surface area contributed by atoms with E-state index in [1.807, 2.05) is 11.4 Å². The summed E-state index contributed by atoms with van der Waals surface area (Å²) < 4.78 is 77.0. The topological polar surface area (TPSA) is 96.0 Å². The summed E-state index contributed by atoms with van der Waals surface area (Å²) in [6, 6.07) is 0.987.